The Hall–Kier alpha value is -2.15. The predicted octanol–water partition coefficient (Wildman–Crippen LogP) is 3.76. The number of carbonyl (C=O) groups is 2. The van der Waals surface area contributed by atoms with Crippen LogP contribution in [0.3, 0.4) is 0 Å². The SMILES string of the molecule is O=C(CCSc1nc(C2CC2)nc2ccccc12)NC(=O)NC1CCCC1. The summed E-state index contributed by atoms with van der Waals surface area (Å²) in [5.41, 5.74) is 0.956. The van der Waals surface area contributed by atoms with Crippen LogP contribution in [0, 0.1) is 0 Å². The number of para-hydroxylation sites is 1. The monoisotopic (exact) mass is 384 g/mol. The topological polar surface area (TPSA) is 84.0 Å². The van der Waals surface area contributed by atoms with Crippen molar-refractivity contribution in [3.8, 4) is 0 Å². The largest absolute Gasteiger partial charge is 0.335 e. The summed E-state index contributed by atoms with van der Waals surface area (Å²) in [7, 11) is 0. The zero-order valence-electron chi connectivity index (χ0n) is 15.2. The molecule has 2 aromatic rings. The molecule has 2 N–H and O–H groups in total. The molecule has 1 heterocycles. The molecule has 0 unspecified atom stereocenters. The van der Waals surface area contributed by atoms with Crippen molar-refractivity contribution in [2.75, 3.05) is 5.75 Å². The number of nitrogens with zero attached hydrogens (tertiary/aromatic N) is 2. The molecule has 1 aromatic carbocycles. The maximum absolute atomic E-state index is 12.0. The molecule has 0 saturated heterocycles. The molecular formula is C20H24N4O2S. The lowest BCUT2D eigenvalue weighted by Gasteiger charge is -2.12. The molecule has 2 saturated carbocycles. The minimum atomic E-state index is -0.375. The van der Waals surface area contributed by atoms with Gasteiger partial charge in [-0.15, -0.1) is 11.8 Å². The van der Waals surface area contributed by atoms with Crippen LogP contribution in [0.4, 0.5) is 4.79 Å². The number of rotatable bonds is 6. The fraction of sp³-hybridized carbons (Fsp3) is 0.500. The molecule has 142 valence electrons. The first-order valence-corrected chi connectivity index (χ1v) is 10.7. The van der Waals surface area contributed by atoms with E-state index in [0.29, 0.717) is 11.7 Å². The molecule has 1 aromatic heterocycles. The van der Waals surface area contributed by atoms with E-state index in [9.17, 15) is 9.59 Å². The zero-order chi connectivity index (χ0) is 18.6. The molecule has 2 aliphatic rings. The molecule has 4 rings (SSSR count). The van der Waals surface area contributed by atoms with Gasteiger partial charge >= 0.3 is 6.03 Å². The highest BCUT2D eigenvalue weighted by molar-refractivity contribution is 7.99. The molecule has 2 aliphatic carbocycles. The summed E-state index contributed by atoms with van der Waals surface area (Å²) in [4.78, 5) is 33.3. The first kappa shape index (κ1) is 18.2. The Labute approximate surface area is 162 Å². The summed E-state index contributed by atoms with van der Waals surface area (Å²) < 4.78 is 0. The normalized spacial score (nSPS) is 17.2. The van der Waals surface area contributed by atoms with Crippen molar-refractivity contribution in [3.05, 3.63) is 30.1 Å². The van der Waals surface area contributed by atoms with E-state index in [0.717, 1.165) is 60.3 Å². The number of imide groups is 1. The van der Waals surface area contributed by atoms with Crippen molar-refractivity contribution in [2.24, 2.45) is 0 Å². The summed E-state index contributed by atoms with van der Waals surface area (Å²) in [6.07, 6.45) is 6.88. The summed E-state index contributed by atoms with van der Waals surface area (Å²) in [5, 5.41) is 7.25. The number of hydrogen-bond acceptors (Lipinski definition) is 5. The van der Waals surface area contributed by atoms with Gasteiger partial charge in [0.05, 0.1) is 5.52 Å². The molecular weight excluding hydrogens is 360 g/mol. The molecule has 0 spiro atoms. The molecule has 0 aliphatic heterocycles. The van der Waals surface area contributed by atoms with Crippen molar-refractivity contribution in [1.29, 1.82) is 0 Å². The highest BCUT2D eigenvalue weighted by Crippen LogP contribution is 2.39. The van der Waals surface area contributed by atoms with Gasteiger partial charge in [0.2, 0.25) is 5.91 Å². The van der Waals surface area contributed by atoms with E-state index in [1.54, 1.807) is 11.8 Å². The van der Waals surface area contributed by atoms with E-state index in [-0.39, 0.29) is 24.4 Å². The number of urea groups is 1. The fourth-order valence-corrected chi connectivity index (χ4v) is 4.39. The van der Waals surface area contributed by atoms with Crippen molar-refractivity contribution >= 4 is 34.6 Å². The number of amides is 3. The van der Waals surface area contributed by atoms with E-state index in [1.165, 1.54) is 0 Å². The Morgan fingerprint density at radius 3 is 2.63 bits per heavy atom. The number of hydrogen-bond donors (Lipinski definition) is 2. The standard InChI is InChI=1S/C20H24N4O2S/c25-17(23-20(26)21-14-5-1-2-6-14)11-12-27-19-15-7-3-4-8-16(15)22-18(24-19)13-9-10-13/h3-4,7-8,13-14H,1-2,5-6,9-12H2,(H2,21,23,25,26). The molecule has 0 atom stereocenters. The second-order valence-electron chi connectivity index (χ2n) is 7.28. The Bertz CT molecular complexity index is 847. The molecule has 2 fully saturated rings. The lowest BCUT2D eigenvalue weighted by molar-refractivity contribution is -0.119. The van der Waals surface area contributed by atoms with Gasteiger partial charge < -0.3 is 5.32 Å². The lowest BCUT2D eigenvalue weighted by atomic mass is 10.2. The molecule has 0 radical (unpaired) electrons. The van der Waals surface area contributed by atoms with Crippen LogP contribution >= 0.6 is 11.8 Å². The zero-order valence-corrected chi connectivity index (χ0v) is 16.1. The number of nitrogens with one attached hydrogen (secondary N) is 2. The highest BCUT2D eigenvalue weighted by atomic mass is 32.2. The number of fused-ring (bicyclic) bond motifs is 1. The fourth-order valence-electron chi connectivity index (χ4n) is 3.42. The number of aromatic nitrogens is 2. The van der Waals surface area contributed by atoms with E-state index < -0.39 is 0 Å². The first-order valence-electron chi connectivity index (χ1n) is 9.69. The van der Waals surface area contributed by atoms with Crippen molar-refractivity contribution in [2.45, 2.75) is 61.9 Å². The Kier molecular flexibility index (Phi) is 5.57. The molecule has 3 amide bonds. The van der Waals surface area contributed by atoms with Crippen LogP contribution in [-0.2, 0) is 4.79 Å². The maximum atomic E-state index is 12.0. The Balaban J connectivity index is 1.32. The lowest BCUT2D eigenvalue weighted by Crippen LogP contribution is -2.43. The third-order valence-corrected chi connectivity index (χ3v) is 6.03. The average Bonchev–Trinajstić information content (AvgIpc) is 3.39. The molecule has 27 heavy (non-hydrogen) atoms. The molecule has 0 bridgehead atoms. The van der Waals surface area contributed by atoms with Crippen LogP contribution in [0.25, 0.3) is 10.9 Å². The number of thioether (sulfide) groups is 1. The Morgan fingerprint density at radius 1 is 1.07 bits per heavy atom. The predicted molar refractivity (Wildman–Crippen MR) is 106 cm³/mol. The maximum Gasteiger partial charge on any atom is 0.321 e. The molecule has 6 nitrogen and oxygen atoms in total. The summed E-state index contributed by atoms with van der Waals surface area (Å²) in [5.74, 6) is 1.72. The highest BCUT2D eigenvalue weighted by Gasteiger charge is 2.27. The van der Waals surface area contributed by atoms with Crippen LogP contribution < -0.4 is 10.6 Å². The van der Waals surface area contributed by atoms with Crippen molar-refractivity contribution in [3.63, 3.8) is 0 Å². The smallest absolute Gasteiger partial charge is 0.321 e. The van der Waals surface area contributed by atoms with Gasteiger partial charge in [0.25, 0.3) is 0 Å². The van der Waals surface area contributed by atoms with Gasteiger partial charge in [-0.1, -0.05) is 31.0 Å². The number of benzene rings is 1. The van der Waals surface area contributed by atoms with Gasteiger partial charge in [0.15, 0.2) is 0 Å². The average molecular weight is 385 g/mol. The van der Waals surface area contributed by atoms with Crippen LogP contribution in [0.5, 0.6) is 0 Å². The second kappa shape index (κ2) is 8.25. The summed E-state index contributed by atoms with van der Waals surface area (Å²) >= 11 is 1.55. The minimum Gasteiger partial charge on any atom is -0.335 e. The minimum absolute atomic E-state index is 0.209. The summed E-state index contributed by atoms with van der Waals surface area (Å²) in [6, 6.07) is 7.82. The quantitative estimate of drug-likeness (QED) is 0.585. The van der Waals surface area contributed by atoms with E-state index >= 15 is 0 Å². The van der Waals surface area contributed by atoms with Gasteiger partial charge in [-0.25, -0.2) is 14.8 Å². The van der Waals surface area contributed by atoms with Gasteiger partial charge in [0, 0.05) is 29.5 Å². The van der Waals surface area contributed by atoms with Crippen molar-refractivity contribution in [1.82, 2.24) is 20.6 Å². The van der Waals surface area contributed by atoms with Gasteiger partial charge in [-0.3, -0.25) is 10.1 Å². The van der Waals surface area contributed by atoms with Gasteiger partial charge in [-0.05, 0) is 31.7 Å². The molecule has 7 heteroatoms. The third-order valence-electron chi connectivity index (χ3n) is 5.04. The Morgan fingerprint density at radius 2 is 1.85 bits per heavy atom. The van der Waals surface area contributed by atoms with E-state index in [2.05, 4.69) is 15.6 Å². The number of carbonyl (C=O) groups excluding carboxylic acids is 2. The van der Waals surface area contributed by atoms with E-state index in [1.807, 2.05) is 24.3 Å². The van der Waals surface area contributed by atoms with Crippen LogP contribution in [0.1, 0.15) is 56.7 Å². The van der Waals surface area contributed by atoms with Crippen molar-refractivity contribution < 1.29 is 9.59 Å². The summed E-state index contributed by atoms with van der Waals surface area (Å²) in [6.45, 7) is 0. The van der Waals surface area contributed by atoms with Gasteiger partial charge in [0.1, 0.15) is 10.9 Å². The third kappa shape index (κ3) is 4.77. The second-order valence-corrected chi connectivity index (χ2v) is 8.36. The van der Waals surface area contributed by atoms with Crippen LogP contribution in [-0.4, -0.2) is 33.7 Å². The van der Waals surface area contributed by atoms with E-state index in [4.69, 9.17) is 4.98 Å². The van der Waals surface area contributed by atoms with Crippen LogP contribution in [0.2, 0.25) is 0 Å². The first-order chi connectivity index (χ1) is 13.2. The van der Waals surface area contributed by atoms with Crippen LogP contribution in [0.15, 0.2) is 29.3 Å². The van der Waals surface area contributed by atoms with Gasteiger partial charge in [-0.2, -0.15) is 0 Å².